The maximum Gasteiger partial charge on any atom is 0.232 e. The monoisotopic (exact) mass is 221 g/mol. The maximum absolute atomic E-state index is 11.5. The standard InChI is InChI=1S/C12H15NOS/c1-9-12(10-6-4-3-5-7-10)15-8-11(14)13(9)2/h3-7,9,12H,8H2,1-2H3. The van der Waals surface area contributed by atoms with Gasteiger partial charge in [0.25, 0.3) is 0 Å². The van der Waals surface area contributed by atoms with Crippen LogP contribution >= 0.6 is 11.8 Å². The zero-order valence-electron chi connectivity index (χ0n) is 9.01. The Bertz CT molecular complexity index is 352. The van der Waals surface area contributed by atoms with Crippen LogP contribution in [0.3, 0.4) is 0 Å². The Kier molecular flexibility index (Phi) is 3.00. The quantitative estimate of drug-likeness (QED) is 0.725. The van der Waals surface area contributed by atoms with Gasteiger partial charge in [0, 0.05) is 13.1 Å². The van der Waals surface area contributed by atoms with Gasteiger partial charge in [-0.05, 0) is 12.5 Å². The molecular formula is C12H15NOS. The molecule has 1 saturated heterocycles. The van der Waals surface area contributed by atoms with Gasteiger partial charge in [0.15, 0.2) is 0 Å². The van der Waals surface area contributed by atoms with Crippen LogP contribution in [0.1, 0.15) is 17.7 Å². The van der Waals surface area contributed by atoms with E-state index in [1.54, 1.807) is 11.8 Å². The molecule has 1 fully saturated rings. The highest BCUT2D eigenvalue weighted by Crippen LogP contribution is 2.37. The summed E-state index contributed by atoms with van der Waals surface area (Å²) in [6.07, 6.45) is 0. The number of hydrogen-bond donors (Lipinski definition) is 0. The molecule has 1 amide bonds. The Balaban J connectivity index is 2.21. The van der Waals surface area contributed by atoms with E-state index in [2.05, 4.69) is 31.2 Å². The SMILES string of the molecule is CC1C(c2ccccc2)SCC(=O)N1C. The van der Waals surface area contributed by atoms with Crippen LogP contribution in [0.4, 0.5) is 0 Å². The van der Waals surface area contributed by atoms with E-state index in [1.165, 1.54) is 5.56 Å². The molecule has 1 aromatic carbocycles. The van der Waals surface area contributed by atoms with Crippen LogP contribution in [-0.2, 0) is 4.79 Å². The molecule has 0 bridgehead atoms. The minimum Gasteiger partial charge on any atom is -0.341 e. The summed E-state index contributed by atoms with van der Waals surface area (Å²) in [6.45, 7) is 2.11. The molecule has 1 heterocycles. The summed E-state index contributed by atoms with van der Waals surface area (Å²) in [6, 6.07) is 10.7. The number of rotatable bonds is 1. The van der Waals surface area contributed by atoms with Crippen molar-refractivity contribution in [2.24, 2.45) is 0 Å². The minimum absolute atomic E-state index is 0.236. The summed E-state index contributed by atoms with van der Waals surface area (Å²) < 4.78 is 0. The molecule has 1 aliphatic rings. The molecule has 0 N–H and O–H groups in total. The molecule has 2 unspecified atom stereocenters. The molecule has 2 atom stereocenters. The molecule has 0 saturated carbocycles. The number of hydrogen-bond acceptors (Lipinski definition) is 2. The lowest BCUT2D eigenvalue weighted by atomic mass is 10.1. The molecule has 0 radical (unpaired) electrons. The van der Waals surface area contributed by atoms with Crippen molar-refractivity contribution in [1.29, 1.82) is 0 Å². The Morgan fingerprint density at radius 2 is 2.00 bits per heavy atom. The Hall–Kier alpha value is -0.960. The molecule has 15 heavy (non-hydrogen) atoms. The predicted octanol–water partition coefficient (Wildman–Crippen LogP) is 2.32. The molecule has 2 nitrogen and oxygen atoms in total. The third kappa shape index (κ3) is 2.02. The first-order valence-corrected chi connectivity index (χ1v) is 6.17. The van der Waals surface area contributed by atoms with Crippen LogP contribution in [0.25, 0.3) is 0 Å². The topological polar surface area (TPSA) is 20.3 Å². The minimum atomic E-state index is 0.236. The third-order valence-corrected chi connectivity index (χ3v) is 4.40. The highest BCUT2D eigenvalue weighted by molar-refractivity contribution is 8.00. The lowest BCUT2D eigenvalue weighted by Crippen LogP contribution is -2.43. The van der Waals surface area contributed by atoms with Crippen LogP contribution < -0.4 is 0 Å². The van der Waals surface area contributed by atoms with E-state index in [-0.39, 0.29) is 11.9 Å². The van der Waals surface area contributed by atoms with Gasteiger partial charge in [0.1, 0.15) is 0 Å². The van der Waals surface area contributed by atoms with Crippen molar-refractivity contribution in [2.45, 2.75) is 18.2 Å². The Morgan fingerprint density at radius 1 is 1.33 bits per heavy atom. The first kappa shape index (κ1) is 10.6. The fraction of sp³-hybridized carbons (Fsp3) is 0.417. The maximum atomic E-state index is 11.5. The van der Waals surface area contributed by atoms with Crippen LogP contribution in [0.2, 0.25) is 0 Å². The van der Waals surface area contributed by atoms with Gasteiger partial charge in [-0.1, -0.05) is 30.3 Å². The zero-order chi connectivity index (χ0) is 10.8. The van der Waals surface area contributed by atoms with Gasteiger partial charge in [0.05, 0.1) is 11.0 Å². The normalized spacial score (nSPS) is 26.8. The van der Waals surface area contributed by atoms with E-state index in [1.807, 2.05) is 18.0 Å². The van der Waals surface area contributed by atoms with Gasteiger partial charge in [0.2, 0.25) is 5.91 Å². The van der Waals surface area contributed by atoms with Crippen LogP contribution in [-0.4, -0.2) is 29.6 Å². The fourth-order valence-electron chi connectivity index (χ4n) is 1.85. The largest absolute Gasteiger partial charge is 0.341 e. The summed E-state index contributed by atoms with van der Waals surface area (Å²) in [7, 11) is 1.89. The van der Waals surface area contributed by atoms with Crippen LogP contribution in [0, 0.1) is 0 Å². The van der Waals surface area contributed by atoms with E-state index >= 15 is 0 Å². The number of thioether (sulfide) groups is 1. The highest BCUT2D eigenvalue weighted by atomic mass is 32.2. The number of nitrogens with zero attached hydrogens (tertiary/aromatic N) is 1. The van der Waals surface area contributed by atoms with Gasteiger partial charge in [-0.3, -0.25) is 4.79 Å². The van der Waals surface area contributed by atoms with Crippen molar-refractivity contribution < 1.29 is 4.79 Å². The summed E-state index contributed by atoms with van der Waals surface area (Å²) in [5, 5.41) is 0.411. The van der Waals surface area contributed by atoms with E-state index < -0.39 is 0 Å². The van der Waals surface area contributed by atoms with Gasteiger partial charge in [-0.15, -0.1) is 11.8 Å². The fourth-order valence-corrected chi connectivity index (χ4v) is 3.19. The molecule has 0 aliphatic carbocycles. The number of amides is 1. The summed E-state index contributed by atoms with van der Waals surface area (Å²) in [5.41, 5.74) is 1.31. The second kappa shape index (κ2) is 4.27. The van der Waals surface area contributed by atoms with Crippen molar-refractivity contribution in [2.75, 3.05) is 12.8 Å². The van der Waals surface area contributed by atoms with E-state index in [4.69, 9.17) is 0 Å². The number of benzene rings is 1. The van der Waals surface area contributed by atoms with Gasteiger partial charge in [-0.25, -0.2) is 0 Å². The second-order valence-electron chi connectivity index (χ2n) is 3.89. The molecule has 2 rings (SSSR count). The van der Waals surface area contributed by atoms with Crippen molar-refractivity contribution >= 4 is 17.7 Å². The van der Waals surface area contributed by atoms with Crippen molar-refractivity contribution in [3.8, 4) is 0 Å². The first-order valence-electron chi connectivity index (χ1n) is 5.12. The lowest BCUT2D eigenvalue weighted by molar-refractivity contribution is -0.129. The number of carbonyl (C=O) groups is 1. The highest BCUT2D eigenvalue weighted by Gasteiger charge is 2.31. The average molecular weight is 221 g/mol. The Morgan fingerprint density at radius 3 is 2.67 bits per heavy atom. The molecule has 80 valence electrons. The number of carbonyl (C=O) groups excluding carboxylic acids is 1. The summed E-state index contributed by atoms with van der Waals surface area (Å²) in [4.78, 5) is 13.3. The van der Waals surface area contributed by atoms with Crippen molar-refractivity contribution in [3.63, 3.8) is 0 Å². The van der Waals surface area contributed by atoms with Crippen LogP contribution in [0.15, 0.2) is 30.3 Å². The molecule has 1 aliphatic heterocycles. The zero-order valence-corrected chi connectivity index (χ0v) is 9.83. The van der Waals surface area contributed by atoms with E-state index in [9.17, 15) is 4.79 Å². The molecule has 1 aromatic rings. The first-order chi connectivity index (χ1) is 7.20. The average Bonchev–Trinajstić information content (AvgIpc) is 2.27. The molecular weight excluding hydrogens is 206 g/mol. The van der Waals surface area contributed by atoms with E-state index in [0.717, 1.165) is 0 Å². The summed E-state index contributed by atoms with van der Waals surface area (Å²) in [5.74, 6) is 0.833. The number of likely N-dealkylation sites (N-methyl/N-ethyl adjacent to an activating group) is 1. The predicted molar refractivity (Wildman–Crippen MR) is 63.9 cm³/mol. The van der Waals surface area contributed by atoms with Crippen molar-refractivity contribution in [1.82, 2.24) is 4.90 Å². The molecule has 0 aromatic heterocycles. The van der Waals surface area contributed by atoms with Gasteiger partial charge in [-0.2, -0.15) is 0 Å². The van der Waals surface area contributed by atoms with Gasteiger partial charge >= 0.3 is 0 Å². The molecule has 3 heteroatoms. The smallest absolute Gasteiger partial charge is 0.232 e. The second-order valence-corrected chi connectivity index (χ2v) is 5.02. The Labute approximate surface area is 94.7 Å². The third-order valence-electron chi connectivity index (χ3n) is 2.96. The van der Waals surface area contributed by atoms with Crippen molar-refractivity contribution in [3.05, 3.63) is 35.9 Å². The van der Waals surface area contributed by atoms with E-state index in [0.29, 0.717) is 11.0 Å². The lowest BCUT2D eigenvalue weighted by Gasteiger charge is -2.36. The summed E-state index contributed by atoms with van der Waals surface area (Å²) >= 11 is 1.75. The van der Waals surface area contributed by atoms with Gasteiger partial charge < -0.3 is 4.90 Å². The molecule has 0 spiro atoms. The van der Waals surface area contributed by atoms with Crippen LogP contribution in [0.5, 0.6) is 0 Å².